The zero-order valence-electron chi connectivity index (χ0n) is 26.0. The van der Waals surface area contributed by atoms with Crippen molar-refractivity contribution < 1.29 is 39.1 Å². The molecule has 3 aliphatic rings. The molecule has 42 heavy (non-hydrogen) atoms. The molecular formula is C33H45NO8. The summed E-state index contributed by atoms with van der Waals surface area (Å²) in [5.41, 5.74) is -0.265. The summed E-state index contributed by atoms with van der Waals surface area (Å²) in [6.07, 6.45) is 2.37. The second kappa shape index (κ2) is 12.1. The minimum atomic E-state index is -1.55. The number of hydrogen-bond acceptors (Lipinski definition) is 9. The number of allylic oxidation sites excluding steroid dienone is 1. The summed E-state index contributed by atoms with van der Waals surface area (Å²) in [5, 5.41) is 23.8. The van der Waals surface area contributed by atoms with E-state index in [2.05, 4.69) is 13.8 Å². The fourth-order valence-corrected chi connectivity index (χ4v) is 7.20. The van der Waals surface area contributed by atoms with Crippen LogP contribution < -0.4 is 0 Å². The third-order valence-corrected chi connectivity index (χ3v) is 9.21. The Morgan fingerprint density at radius 1 is 1.14 bits per heavy atom. The van der Waals surface area contributed by atoms with Crippen molar-refractivity contribution in [2.75, 3.05) is 20.6 Å². The highest BCUT2D eigenvalue weighted by molar-refractivity contribution is 5.90. The van der Waals surface area contributed by atoms with Crippen LogP contribution in [0.15, 0.2) is 65.0 Å². The molecule has 2 unspecified atom stereocenters. The quantitative estimate of drug-likeness (QED) is 0.148. The fraction of sp³-hybridized carbons (Fsp3) is 0.576. The number of fused-ring (bicyclic) bond motifs is 3. The minimum Gasteiger partial charge on any atom is -0.424 e. The largest absolute Gasteiger partial charge is 0.424 e. The van der Waals surface area contributed by atoms with Gasteiger partial charge in [0.25, 0.3) is 0 Å². The van der Waals surface area contributed by atoms with E-state index < -0.39 is 46.9 Å². The van der Waals surface area contributed by atoms with Gasteiger partial charge in [-0.05, 0) is 58.5 Å². The first-order valence-corrected chi connectivity index (χ1v) is 14.6. The zero-order valence-corrected chi connectivity index (χ0v) is 26.0. The van der Waals surface area contributed by atoms with E-state index in [0.29, 0.717) is 24.0 Å². The van der Waals surface area contributed by atoms with Crippen LogP contribution >= 0.6 is 0 Å². The van der Waals surface area contributed by atoms with Crippen molar-refractivity contribution in [3.63, 3.8) is 0 Å². The molecule has 4 rings (SSSR count). The monoisotopic (exact) mass is 583 g/mol. The van der Waals surface area contributed by atoms with E-state index in [1.54, 1.807) is 30.3 Å². The van der Waals surface area contributed by atoms with Crippen molar-refractivity contribution >= 4 is 11.9 Å². The number of rotatable bonds is 8. The third kappa shape index (κ3) is 5.85. The van der Waals surface area contributed by atoms with Gasteiger partial charge < -0.3 is 24.6 Å². The first-order chi connectivity index (χ1) is 19.6. The van der Waals surface area contributed by atoms with Crippen molar-refractivity contribution in [1.29, 1.82) is 0 Å². The van der Waals surface area contributed by atoms with E-state index in [-0.39, 0.29) is 24.6 Å². The number of likely N-dealkylation sites (N-methyl/N-ethyl adjacent to an activating group) is 1. The van der Waals surface area contributed by atoms with Crippen LogP contribution in [0.1, 0.15) is 71.2 Å². The first kappa shape index (κ1) is 32.1. The Morgan fingerprint density at radius 3 is 2.43 bits per heavy atom. The van der Waals surface area contributed by atoms with Crippen LogP contribution in [0.2, 0.25) is 0 Å². The SMILES string of the molecule is CC(=O)OOC1C=C[C@]2(C)/C(=C(/OC(=O)c3ccccc3)[C@]3(O)CCC(C)=C(C(C)[C@H]2O[C@@H](O)CN(C)C)C3(C)C)C1. The highest BCUT2D eigenvalue weighted by Crippen LogP contribution is 2.61. The van der Waals surface area contributed by atoms with Gasteiger partial charge in [0.05, 0.1) is 11.7 Å². The van der Waals surface area contributed by atoms with Crippen molar-refractivity contribution in [1.82, 2.24) is 4.90 Å². The lowest BCUT2D eigenvalue weighted by Gasteiger charge is -2.57. The smallest absolute Gasteiger partial charge is 0.343 e. The maximum absolute atomic E-state index is 13.6. The Balaban J connectivity index is 1.98. The third-order valence-electron chi connectivity index (χ3n) is 9.21. The standard InChI is InChI=1S/C33H45NO8/c1-20-14-17-33(38)29(40-30(37)23-12-10-9-11-13-23)25-18-24(42-41-22(3)35)15-16-32(25,6)28(39-26(36)19-34(7)8)21(2)27(20)31(33,4)5/h9-13,15-16,21,24,26,28,36,38H,14,17-19H2,1-8H3/b29-25+/t21?,24?,26-,28-,32-,33-/m1/s1. The Kier molecular flexibility index (Phi) is 9.21. The van der Waals surface area contributed by atoms with Gasteiger partial charge in [-0.2, -0.15) is 4.89 Å². The number of hydrogen-bond donors (Lipinski definition) is 2. The molecular weight excluding hydrogens is 538 g/mol. The molecule has 0 radical (unpaired) electrons. The van der Waals surface area contributed by atoms with Crippen LogP contribution in [0.4, 0.5) is 0 Å². The Bertz CT molecular complexity index is 1280. The summed E-state index contributed by atoms with van der Waals surface area (Å²) in [6, 6.07) is 8.66. The lowest BCUT2D eigenvalue weighted by atomic mass is 9.52. The number of esters is 1. The molecule has 1 aromatic carbocycles. The van der Waals surface area contributed by atoms with Gasteiger partial charge in [-0.25, -0.2) is 9.59 Å². The second-order valence-corrected chi connectivity index (χ2v) is 12.9. The minimum absolute atomic E-state index is 0.150. The van der Waals surface area contributed by atoms with Crippen LogP contribution in [0.5, 0.6) is 0 Å². The summed E-state index contributed by atoms with van der Waals surface area (Å²) in [4.78, 5) is 37.4. The van der Waals surface area contributed by atoms with Crippen LogP contribution in [0.3, 0.4) is 0 Å². The molecule has 0 aliphatic heterocycles. The van der Waals surface area contributed by atoms with E-state index in [1.165, 1.54) is 6.92 Å². The van der Waals surface area contributed by atoms with Crippen molar-refractivity contribution in [3.8, 4) is 0 Å². The summed E-state index contributed by atoms with van der Waals surface area (Å²) >= 11 is 0. The van der Waals surface area contributed by atoms with E-state index in [9.17, 15) is 19.8 Å². The van der Waals surface area contributed by atoms with Gasteiger partial charge in [-0.3, -0.25) is 4.89 Å². The highest BCUT2D eigenvalue weighted by atomic mass is 17.2. The van der Waals surface area contributed by atoms with Crippen molar-refractivity contribution in [2.24, 2.45) is 16.7 Å². The van der Waals surface area contributed by atoms with Crippen molar-refractivity contribution in [3.05, 3.63) is 70.5 Å². The van der Waals surface area contributed by atoms with Crippen LogP contribution in [0.25, 0.3) is 0 Å². The van der Waals surface area contributed by atoms with E-state index in [1.807, 2.05) is 51.9 Å². The van der Waals surface area contributed by atoms with Gasteiger partial charge in [-0.1, -0.05) is 62.3 Å². The molecule has 6 atom stereocenters. The normalized spacial score (nSPS) is 33.0. The molecule has 0 heterocycles. The summed E-state index contributed by atoms with van der Waals surface area (Å²) in [7, 11) is 3.72. The highest BCUT2D eigenvalue weighted by Gasteiger charge is 2.61. The molecule has 1 aromatic rings. The number of benzene rings is 1. The molecule has 230 valence electrons. The lowest BCUT2D eigenvalue weighted by molar-refractivity contribution is -0.288. The molecule has 3 aliphatic carbocycles. The first-order valence-electron chi connectivity index (χ1n) is 14.6. The molecule has 0 fully saturated rings. The van der Waals surface area contributed by atoms with Gasteiger partial charge in [0, 0.05) is 36.6 Å². The fourth-order valence-electron chi connectivity index (χ4n) is 7.20. The summed E-state index contributed by atoms with van der Waals surface area (Å²) in [6.45, 7) is 11.6. The van der Waals surface area contributed by atoms with Gasteiger partial charge in [0.1, 0.15) is 17.5 Å². The van der Waals surface area contributed by atoms with Crippen LogP contribution in [-0.4, -0.2) is 71.8 Å². The Hall–Kier alpha value is -2.82. The van der Waals surface area contributed by atoms with Crippen LogP contribution in [0, 0.1) is 16.7 Å². The number of nitrogens with zero attached hydrogens (tertiary/aromatic N) is 1. The number of carbonyl (C=O) groups excluding carboxylic acids is 2. The number of carbonyl (C=O) groups is 2. The maximum Gasteiger partial charge on any atom is 0.343 e. The number of ether oxygens (including phenoxy) is 2. The number of aliphatic hydroxyl groups excluding tert-OH is 1. The Labute approximate surface area is 248 Å². The average molecular weight is 584 g/mol. The molecule has 0 spiro atoms. The second-order valence-electron chi connectivity index (χ2n) is 12.9. The van der Waals surface area contributed by atoms with Crippen LogP contribution in [-0.2, 0) is 24.0 Å². The molecule has 0 saturated carbocycles. The molecule has 9 heteroatoms. The maximum atomic E-state index is 13.6. The van der Waals surface area contributed by atoms with Crippen molar-refractivity contribution in [2.45, 2.75) is 84.9 Å². The van der Waals surface area contributed by atoms with Gasteiger partial charge in [0.2, 0.25) is 0 Å². The molecule has 0 aromatic heterocycles. The average Bonchev–Trinajstić information content (AvgIpc) is 2.91. The topological polar surface area (TPSA) is 115 Å². The molecule has 0 saturated heterocycles. The van der Waals surface area contributed by atoms with E-state index >= 15 is 0 Å². The number of aliphatic hydroxyl groups is 2. The molecule has 9 nitrogen and oxygen atoms in total. The summed E-state index contributed by atoms with van der Waals surface area (Å²) in [5.74, 6) is -1.27. The summed E-state index contributed by atoms with van der Waals surface area (Å²) < 4.78 is 12.8. The molecule has 2 N–H and O–H groups in total. The Morgan fingerprint density at radius 2 is 1.81 bits per heavy atom. The lowest BCUT2D eigenvalue weighted by Crippen LogP contribution is -2.58. The molecule has 2 bridgehead atoms. The van der Waals surface area contributed by atoms with Gasteiger partial charge in [0.15, 0.2) is 6.29 Å². The van der Waals surface area contributed by atoms with E-state index in [4.69, 9.17) is 19.2 Å². The predicted octanol–water partition coefficient (Wildman–Crippen LogP) is 4.71. The van der Waals surface area contributed by atoms with Gasteiger partial charge >= 0.3 is 11.9 Å². The zero-order chi connectivity index (χ0) is 31.0. The van der Waals surface area contributed by atoms with E-state index in [0.717, 1.165) is 11.1 Å². The predicted molar refractivity (Wildman–Crippen MR) is 157 cm³/mol. The molecule has 0 amide bonds. The van der Waals surface area contributed by atoms with Gasteiger partial charge in [-0.15, -0.1) is 0 Å².